The Balaban J connectivity index is 1.54. The fourth-order valence-corrected chi connectivity index (χ4v) is 3.47. The highest BCUT2D eigenvalue weighted by atomic mass is 19.1. The maximum absolute atomic E-state index is 13.9. The first-order chi connectivity index (χ1) is 13.9. The Labute approximate surface area is 170 Å². The molecule has 6 heteroatoms. The molecule has 2 aromatic carbocycles. The number of hydrogen-bond donors (Lipinski definition) is 1. The van der Waals surface area contributed by atoms with Gasteiger partial charge in [0, 0.05) is 19.6 Å². The zero-order valence-corrected chi connectivity index (χ0v) is 16.9. The van der Waals surface area contributed by atoms with Gasteiger partial charge < -0.3 is 15.0 Å². The van der Waals surface area contributed by atoms with Gasteiger partial charge in [-0.05, 0) is 56.5 Å². The Morgan fingerprint density at radius 3 is 2.59 bits per heavy atom. The number of benzene rings is 2. The smallest absolute Gasteiger partial charge is 0.256 e. The second-order valence-corrected chi connectivity index (χ2v) is 7.60. The molecule has 0 saturated carbocycles. The van der Waals surface area contributed by atoms with Crippen molar-refractivity contribution in [2.45, 2.75) is 39.3 Å². The zero-order chi connectivity index (χ0) is 20.8. The maximum atomic E-state index is 13.9. The minimum Gasteiger partial charge on any atom is -0.491 e. The van der Waals surface area contributed by atoms with E-state index in [1.165, 1.54) is 12.1 Å². The molecular formula is C23H27FN2O3. The number of halogens is 1. The molecule has 3 rings (SSSR count). The molecule has 0 spiro atoms. The van der Waals surface area contributed by atoms with E-state index in [0.29, 0.717) is 26.1 Å². The summed E-state index contributed by atoms with van der Waals surface area (Å²) in [6.45, 7) is 5.20. The van der Waals surface area contributed by atoms with E-state index >= 15 is 0 Å². The lowest BCUT2D eigenvalue weighted by Crippen LogP contribution is -2.45. The van der Waals surface area contributed by atoms with Crippen LogP contribution in [0.1, 0.15) is 42.6 Å². The van der Waals surface area contributed by atoms with Crippen molar-refractivity contribution in [3.05, 3.63) is 65.5 Å². The van der Waals surface area contributed by atoms with Crippen molar-refractivity contribution in [3.63, 3.8) is 0 Å². The second-order valence-electron chi connectivity index (χ2n) is 7.60. The number of carbonyl (C=O) groups is 2. The van der Waals surface area contributed by atoms with Crippen molar-refractivity contribution in [3.8, 4) is 5.75 Å². The molecule has 1 atom stereocenters. The summed E-state index contributed by atoms with van der Waals surface area (Å²) >= 11 is 0. The predicted molar refractivity (Wildman–Crippen MR) is 109 cm³/mol. The van der Waals surface area contributed by atoms with E-state index in [9.17, 15) is 14.0 Å². The molecule has 154 valence electrons. The fourth-order valence-electron chi connectivity index (χ4n) is 3.47. The van der Waals surface area contributed by atoms with Crippen LogP contribution in [-0.2, 0) is 11.3 Å². The molecule has 1 aliphatic heterocycles. The first-order valence-corrected chi connectivity index (χ1v) is 10.0. The lowest BCUT2D eigenvalue weighted by Gasteiger charge is -2.32. The van der Waals surface area contributed by atoms with E-state index in [1.807, 2.05) is 38.1 Å². The minimum atomic E-state index is -0.533. The van der Waals surface area contributed by atoms with Gasteiger partial charge in [-0.25, -0.2) is 4.39 Å². The van der Waals surface area contributed by atoms with Crippen LogP contribution in [0.4, 0.5) is 4.39 Å². The summed E-state index contributed by atoms with van der Waals surface area (Å²) in [5.74, 6) is -0.471. The van der Waals surface area contributed by atoms with Gasteiger partial charge in [0.1, 0.15) is 11.6 Å². The molecule has 1 heterocycles. The monoisotopic (exact) mass is 398 g/mol. The third-order valence-corrected chi connectivity index (χ3v) is 4.95. The highest BCUT2D eigenvalue weighted by Crippen LogP contribution is 2.20. The largest absolute Gasteiger partial charge is 0.491 e. The number of ether oxygens (including phenoxy) is 1. The van der Waals surface area contributed by atoms with Crippen LogP contribution in [0.15, 0.2) is 48.5 Å². The Kier molecular flexibility index (Phi) is 6.86. The number of piperidine rings is 1. The van der Waals surface area contributed by atoms with Crippen LogP contribution < -0.4 is 10.1 Å². The fraction of sp³-hybridized carbons (Fsp3) is 0.391. The summed E-state index contributed by atoms with van der Waals surface area (Å²) in [5, 5.41) is 2.95. The topological polar surface area (TPSA) is 58.6 Å². The Morgan fingerprint density at radius 1 is 1.17 bits per heavy atom. The maximum Gasteiger partial charge on any atom is 0.256 e. The third kappa shape index (κ3) is 5.56. The van der Waals surface area contributed by atoms with Gasteiger partial charge in [0.2, 0.25) is 5.91 Å². The van der Waals surface area contributed by atoms with Gasteiger partial charge in [0.05, 0.1) is 17.6 Å². The number of likely N-dealkylation sites (tertiary alicyclic amines) is 1. The van der Waals surface area contributed by atoms with Crippen LogP contribution >= 0.6 is 0 Å². The van der Waals surface area contributed by atoms with Crippen LogP contribution in [0.25, 0.3) is 0 Å². The molecular weight excluding hydrogens is 371 g/mol. The van der Waals surface area contributed by atoms with Gasteiger partial charge in [0.15, 0.2) is 0 Å². The predicted octanol–water partition coefficient (Wildman–Crippen LogP) is 3.78. The van der Waals surface area contributed by atoms with E-state index in [1.54, 1.807) is 17.0 Å². The number of hydrogen-bond acceptors (Lipinski definition) is 3. The van der Waals surface area contributed by atoms with Crippen molar-refractivity contribution in [2.75, 3.05) is 13.1 Å². The minimum absolute atomic E-state index is 0.0530. The number of nitrogens with one attached hydrogen (secondary N) is 1. The molecule has 29 heavy (non-hydrogen) atoms. The Morgan fingerprint density at radius 2 is 1.90 bits per heavy atom. The number of rotatable bonds is 6. The van der Waals surface area contributed by atoms with Crippen LogP contribution in [-0.4, -0.2) is 35.9 Å². The van der Waals surface area contributed by atoms with E-state index < -0.39 is 5.82 Å². The summed E-state index contributed by atoms with van der Waals surface area (Å²) in [4.78, 5) is 26.8. The molecule has 2 amide bonds. The molecule has 0 aliphatic carbocycles. The normalized spacial score (nSPS) is 16.6. The molecule has 1 aliphatic rings. The SMILES string of the molecule is CC(C)Oc1ccc(CNC(=O)C2CCCN(C(=O)c3ccccc3F)C2)cc1. The Hall–Kier alpha value is -2.89. The van der Waals surface area contributed by atoms with Crippen LogP contribution in [0.3, 0.4) is 0 Å². The molecule has 0 aromatic heterocycles. The van der Waals surface area contributed by atoms with Crippen molar-refractivity contribution < 1.29 is 18.7 Å². The van der Waals surface area contributed by atoms with Gasteiger partial charge in [-0.3, -0.25) is 9.59 Å². The van der Waals surface area contributed by atoms with Crippen molar-refractivity contribution in [2.24, 2.45) is 5.92 Å². The van der Waals surface area contributed by atoms with Gasteiger partial charge in [-0.15, -0.1) is 0 Å². The lowest BCUT2D eigenvalue weighted by atomic mass is 9.96. The number of nitrogens with zero attached hydrogens (tertiary/aromatic N) is 1. The summed E-state index contributed by atoms with van der Waals surface area (Å²) in [6.07, 6.45) is 1.55. The average Bonchev–Trinajstić information content (AvgIpc) is 2.72. The standard InChI is InChI=1S/C23H27FN2O3/c1-16(2)29-19-11-9-17(10-12-19)14-25-22(27)18-6-5-13-26(15-18)23(28)20-7-3-4-8-21(20)24/h3-4,7-12,16,18H,5-6,13-15H2,1-2H3,(H,25,27). The highest BCUT2D eigenvalue weighted by Gasteiger charge is 2.29. The first kappa shape index (κ1) is 20.8. The van der Waals surface area contributed by atoms with E-state index in [-0.39, 0.29) is 29.4 Å². The lowest BCUT2D eigenvalue weighted by molar-refractivity contribution is -0.126. The van der Waals surface area contributed by atoms with E-state index in [0.717, 1.165) is 17.7 Å². The van der Waals surface area contributed by atoms with Gasteiger partial charge in [0.25, 0.3) is 5.91 Å². The summed E-state index contributed by atoms with van der Waals surface area (Å²) in [7, 11) is 0. The van der Waals surface area contributed by atoms with Gasteiger partial charge >= 0.3 is 0 Å². The third-order valence-electron chi connectivity index (χ3n) is 4.95. The highest BCUT2D eigenvalue weighted by molar-refractivity contribution is 5.95. The first-order valence-electron chi connectivity index (χ1n) is 10.0. The zero-order valence-electron chi connectivity index (χ0n) is 16.9. The van der Waals surface area contributed by atoms with Crippen LogP contribution in [0, 0.1) is 11.7 Å². The molecule has 1 fully saturated rings. The summed E-state index contributed by atoms with van der Waals surface area (Å²) < 4.78 is 19.5. The van der Waals surface area contributed by atoms with Crippen LogP contribution in [0.5, 0.6) is 5.75 Å². The molecule has 2 aromatic rings. The molecule has 5 nitrogen and oxygen atoms in total. The summed E-state index contributed by atoms with van der Waals surface area (Å²) in [6, 6.07) is 13.6. The van der Waals surface area contributed by atoms with Crippen molar-refractivity contribution >= 4 is 11.8 Å². The Bertz CT molecular complexity index is 851. The van der Waals surface area contributed by atoms with E-state index in [2.05, 4.69) is 5.32 Å². The van der Waals surface area contributed by atoms with Crippen LogP contribution in [0.2, 0.25) is 0 Å². The second kappa shape index (κ2) is 9.54. The van der Waals surface area contributed by atoms with Gasteiger partial charge in [-0.1, -0.05) is 24.3 Å². The average molecular weight is 398 g/mol. The van der Waals surface area contributed by atoms with E-state index in [4.69, 9.17) is 4.74 Å². The van der Waals surface area contributed by atoms with Crippen molar-refractivity contribution in [1.82, 2.24) is 10.2 Å². The molecule has 0 radical (unpaired) electrons. The molecule has 1 saturated heterocycles. The van der Waals surface area contributed by atoms with Gasteiger partial charge in [-0.2, -0.15) is 0 Å². The van der Waals surface area contributed by atoms with Crippen molar-refractivity contribution in [1.29, 1.82) is 0 Å². The quantitative estimate of drug-likeness (QED) is 0.806. The number of carbonyl (C=O) groups excluding carboxylic acids is 2. The molecule has 1 unspecified atom stereocenters. The molecule has 1 N–H and O–H groups in total. The number of amides is 2. The molecule has 0 bridgehead atoms. The summed E-state index contributed by atoms with van der Waals surface area (Å²) in [5.41, 5.74) is 1.03.